The Morgan fingerprint density at radius 3 is 2.70 bits per heavy atom. The van der Waals surface area contributed by atoms with E-state index in [2.05, 4.69) is 0 Å². The highest BCUT2D eigenvalue weighted by Gasteiger charge is 2.40. The van der Waals surface area contributed by atoms with Crippen molar-refractivity contribution < 1.29 is 23.0 Å². The summed E-state index contributed by atoms with van der Waals surface area (Å²) in [7, 11) is 0. The summed E-state index contributed by atoms with van der Waals surface area (Å²) in [4.78, 5) is 0. The van der Waals surface area contributed by atoms with Crippen LogP contribution in [0.3, 0.4) is 0 Å². The summed E-state index contributed by atoms with van der Waals surface area (Å²) in [6.45, 7) is 1.03. The number of hydrogen-bond acceptors (Lipinski definition) is 3. The van der Waals surface area contributed by atoms with Crippen molar-refractivity contribution >= 4 is 0 Å². The third-order valence-electron chi connectivity index (χ3n) is 3.87. The summed E-state index contributed by atoms with van der Waals surface area (Å²) in [5, 5.41) is 10.5. The summed E-state index contributed by atoms with van der Waals surface area (Å²) < 4.78 is 43.5. The Morgan fingerprint density at radius 1 is 1.40 bits per heavy atom. The quantitative estimate of drug-likeness (QED) is 0.899. The first-order chi connectivity index (χ1) is 9.39. The van der Waals surface area contributed by atoms with Crippen molar-refractivity contribution in [2.75, 3.05) is 19.8 Å². The van der Waals surface area contributed by atoms with Crippen LogP contribution in [0.1, 0.15) is 30.1 Å². The van der Waals surface area contributed by atoms with E-state index in [-0.39, 0.29) is 18.7 Å². The van der Waals surface area contributed by atoms with Crippen LogP contribution < -0.4 is 5.73 Å². The number of nitrogens with two attached hydrogens (primary N) is 1. The van der Waals surface area contributed by atoms with Crippen molar-refractivity contribution in [2.24, 2.45) is 11.1 Å². The molecule has 0 spiro atoms. The summed E-state index contributed by atoms with van der Waals surface area (Å²) in [5.74, 6) is 0. The monoisotopic (exact) mass is 289 g/mol. The van der Waals surface area contributed by atoms with E-state index in [0.29, 0.717) is 13.0 Å². The van der Waals surface area contributed by atoms with Gasteiger partial charge in [0.25, 0.3) is 0 Å². The van der Waals surface area contributed by atoms with Crippen molar-refractivity contribution in [2.45, 2.75) is 25.1 Å². The van der Waals surface area contributed by atoms with E-state index in [1.54, 1.807) is 0 Å². The molecular formula is C14H18F3NO2. The molecule has 0 aliphatic carbocycles. The Labute approximate surface area is 115 Å². The smallest absolute Gasteiger partial charge is 0.388 e. The molecule has 1 saturated heterocycles. The van der Waals surface area contributed by atoms with E-state index >= 15 is 0 Å². The first-order valence-electron chi connectivity index (χ1n) is 6.52. The molecule has 2 atom stereocenters. The molecule has 1 aliphatic heterocycles. The summed E-state index contributed by atoms with van der Waals surface area (Å²) >= 11 is 0. The minimum atomic E-state index is -4.42. The molecule has 0 bridgehead atoms. The zero-order valence-corrected chi connectivity index (χ0v) is 11.0. The van der Waals surface area contributed by atoms with Crippen LogP contribution in [0.4, 0.5) is 13.2 Å². The second-order valence-electron chi connectivity index (χ2n) is 5.25. The molecule has 3 N–H and O–H groups in total. The lowest BCUT2D eigenvalue weighted by Gasteiger charge is -2.40. The van der Waals surface area contributed by atoms with Crippen LogP contribution in [-0.2, 0) is 10.9 Å². The van der Waals surface area contributed by atoms with Crippen LogP contribution in [-0.4, -0.2) is 24.9 Å². The van der Waals surface area contributed by atoms with Crippen molar-refractivity contribution in [3.05, 3.63) is 35.4 Å². The summed E-state index contributed by atoms with van der Waals surface area (Å²) in [6, 6.07) is 4.76. The van der Waals surface area contributed by atoms with Gasteiger partial charge in [0.2, 0.25) is 0 Å². The van der Waals surface area contributed by atoms with Crippen molar-refractivity contribution in [3.63, 3.8) is 0 Å². The lowest BCUT2D eigenvalue weighted by atomic mass is 9.74. The van der Waals surface area contributed by atoms with Crippen LogP contribution in [0, 0.1) is 5.41 Å². The molecule has 1 aromatic carbocycles. The van der Waals surface area contributed by atoms with E-state index in [0.717, 1.165) is 18.6 Å². The standard InChI is InChI=1S/C14H18F3NO2/c15-14(16,17)11-4-1-3-10(7-11)12(19)13(8-18)5-2-6-20-9-13/h1,3-4,7,12,19H,2,5-6,8-9,18H2. The van der Waals surface area contributed by atoms with Gasteiger partial charge in [0, 0.05) is 18.6 Å². The average Bonchev–Trinajstić information content (AvgIpc) is 2.46. The number of aliphatic hydroxyl groups excluding tert-OH is 1. The van der Waals surface area contributed by atoms with Crippen LogP contribution >= 0.6 is 0 Å². The second-order valence-corrected chi connectivity index (χ2v) is 5.25. The maximum absolute atomic E-state index is 12.7. The van der Waals surface area contributed by atoms with Crippen LogP contribution in [0.5, 0.6) is 0 Å². The zero-order valence-electron chi connectivity index (χ0n) is 11.0. The number of halogens is 3. The fourth-order valence-corrected chi connectivity index (χ4v) is 2.60. The molecule has 112 valence electrons. The third-order valence-corrected chi connectivity index (χ3v) is 3.87. The lowest BCUT2D eigenvalue weighted by Crippen LogP contribution is -2.43. The fraction of sp³-hybridized carbons (Fsp3) is 0.571. The van der Waals surface area contributed by atoms with Gasteiger partial charge in [0.05, 0.1) is 18.3 Å². The highest BCUT2D eigenvalue weighted by molar-refractivity contribution is 5.28. The molecule has 20 heavy (non-hydrogen) atoms. The molecule has 2 rings (SSSR count). The predicted molar refractivity (Wildman–Crippen MR) is 67.9 cm³/mol. The van der Waals surface area contributed by atoms with Crippen LogP contribution in [0.25, 0.3) is 0 Å². The summed E-state index contributed by atoms with van der Waals surface area (Å²) in [6.07, 6.45) is -4.10. The molecule has 6 heteroatoms. The van der Waals surface area contributed by atoms with Gasteiger partial charge in [0.15, 0.2) is 0 Å². The molecule has 2 unspecified atom stereocenters. The SMILES string of the molecule is NCC1(C(O)c2cccc(C(F)(F)F)c2)CCCOC1. The predicted octanol–water partition coefficient (Wildman–Crippen LogP) is 2.49. The zero-order chi connectivity index (χ0) is 14.8. The molecule has 1 aliphatic rings. The van der Waals surface area contributed by atoms with Gasteiger partial charge in [-0.05, 0) is 30.5 Å². The van der Waals surface area contributed by atoms with Gasteiger partial charge < -0.3 is 15.6 Å². The normalized spacial score (nSPS) is 25.4. The van der Waals surface area contributed by atoms with E-state index in [9.17, 15) is 18.3 Å². The average molecular weight is 289 g/mol. The van der Waals surface area contributed by atoms with E-state index < -0.39 is 23.3 Å². The minimum absolute atomic E-state index is 0.171. The van der Waals surface area contributed by atoms with Crippen molar-refractivity contribution in [1.29, 1.82) is 0 Å². The Kier molecular flexibility index (Phi) is 4.36. The van der Waals surface area contributed by atoms with Crippen LogP contribution in [0.15, 0.2) is 24.3 Å². The molecule has 0 saturated carbocycles. The van der Waals surface area contributed by atoms with Crippen LogP contribution in [0.2, 0.25) is 0 Å². The van der Waals surface area contributed by atoms with Gasteiger partial charge in [-0.3, -0.25) is 0 Å². The van der Waals surface area contributed by atoms with Gasteiger partial charge in [0.1, 0.15) is 0 Å². The molecule has 1 aromatic rings. The molecule has 1 fully saturated rings. The minimum Gasteiger partial charge on any atom is -0.388 e. The molecule has 0 radical (unpaired) electrons. The topological polar surface area (TPSA) is 55.5 Å². The number of benzene rings is 1. The highest BCUT2D eigenvalue weighted by Crippen LogP contribution is 2.41. The van der Waals surface area contributed by atoms with Crippen molar-refractivity contribution in [1.82, 2.24) is 0 Å². The summed E-state index contributed by atoms with van der Waals surface area (Å²) in [5.41, 5.74) is 4.50. The fourth-order valence-electron chi connectivity index (χ4n) is 2.60. The van der Waals surface area contributed by atoms with Gasteiger partial charge in [-0.15, -0.1) is 0 Å². The Morgan fingerprint density at radius 2 is 2.15 bits per heavy atom. The Hall–Kier alpha value is -1.11. The van der Waals surface area contributed by atoms with Gasteiger partial charge in [-0.25, -0.2) is 0 Å². The molecule has 1 heterocycles. The van der Waals surface area contributed by atoms with Gasteiger partial charge in [-0.2, -0.15) is 13.2 Å². The number of alkyl halides is 3. The number of hydrogen-bond donors (Lipinski definition) is 2. The second kappa shape index (κ2) is 5.71. The maximum Gasteiger partial charge on any atom is 0.416 e. The number of ether oxygens (including phenoxy) is 1. The molecule has 3 nitrogen and oxygen atoms in total. The molecule has 0 aromatic heterocycles. The van der Waals surface area contributed by atoms with E-state index in [1.807, 2.05) is 0 Å². The van der Waals surface area contributed by atoms with Gasteiger partial charge in [-0.1, -0.05) is 12.1 Å². The largest absolute Gasteiger partial charge is 0.416 e. The van der Waals surface area contributed by atoms with E-state index in [4.69, 9.17) is 10.5 Å². The first kappa shape index (κ1) is 15.3. The maximum atomic E-state index is 12.7. The lowest BCUT2D eigenvalue weighted by molar-refractivity contribution is -0.137. The third kappa shape index (κ3) is 2.97. The van der Waals surface area contributed by atoms with Crippen molar-refractivity contribution in [3.8, 4) is 0 Å². The first-order valence-corrected chi connectivity index (χ1v) is 6.52. The molecular weight excluding hydrogens is 271 g/mol. The van der Waals surface area contributed by atoms with E-state index in [1.165, 1.54) is 12.1 Å². The number of rotatable bonds is 3. The molecule has 0 amide bonds. The Balaban J connectivity index is 2.30. The number of aliphatic hydroxyl groups is 1. The Bertz CT molecular complexity index is 456. The highest BCUT2D eigenvalue weighted by atomic mass is 19.4. The van der Waals surface area contributed by atoms with Gasteiger partial charge >= 0.3 is 6.18 Å².